The van der Waals surface area contributed by atoms with Crippen molar-refractivity contribution < 1.29 is 34.9 Å². The second-order valence-corrected chi connectivity index (χ2v) is 10.8. The molecule has 0 spiro atoms. The van der Waals surface area contributed by atoms with E-state index in [9.17, 15) is 8.42 Å². The molecule has 0 aromatic carbocycles. The molecule has 9 nitrogen and oxygen atoms in total. The second-order valence-electron chi connectivity index (χ2n) is 7.85. The summed E-state index contributed by atoms with van der Waals surface area (Å²) in [4.78, 5) is 0. The molecule has 0 bridgehead atoms. The van der Waals surface area contributed by atoms with E-state index < -0.39 is 31.5 Å². The average Bonchev–Trinajstić information content (AvgIpc) is 3.77. The lowest BCUT2D eigenvalue weighted by Crippen LogP contribution is -2.47. The first kappa shape index (κ1) is 23.3. The van der Waals surface area contributed by atoms with Crippen LogP contribution in [-0.2, 0) is 31.5 Å². The Morgan fingerprint density at radius 1 is 0.432 bits per heavy atom. The molecule has 37 heavy (non-hydrogen) atoms. The molecule has 2 atom stereocenters. The first-order valence-corrected chi connectivity index (χ1v) is 13.3. The normalized spacial score (nSPS) is 14.1. The van der Waals surface area contributed by atoms with Crippen molar-refractivity contribution in [1.82, 2.24) is 4.13 Å². The number of rotatable bonds is 10. The molecule has 0 amide bonds. The molecule has 0 radical (unpaired) electrons. The summed E-state index contributed by atoms with van der Waals surface area (Å²) in [5.41, 5.74) is 0. The highest BCUT2D eigenvalue weighted by Crippen LogP contribution is 2.46. The van der Waals surface area contributed by atoms with Gasteiger partial charge in [0.25, 0.3) is 0 Å². The van der Waals surface area contributed by atoms with E-state index in [2.05, 4.69) is 4.13 Å². The molecule has 0 aliphatic rings. The summed E-state index contributed by atoms with van der Waals surface area (Å²) in [6.07, 6.45) is 8.68. The van der Waals surface area contributed by atoms with Crippen molar-refractivity contribution in [3.05, 3.63) is 145 Å². The van der Waals surface area contributed by atoms with Gasteiger partial charge in [0.1, 0.15) is 56.5 Å². The maximum Gasteiger partial charge on any atom is 0.232 e. The summed E-state index contributed by atoms with van der Waals surface area (Å²) in [5, 5.41) is 0. The lowest BCUT2D eigenvalue weighted by molar-refractivity contribution is 0.378. The highest BCUT2D eigenvalue weighted by atomic mass is 32.3. The molecule has 6 rings (SSSR count). The van der Waals surface area contributed by atoms with E-state index in [1.165, 1.54) is 37.6 Å². The van der Waals surface area contributed by atoms with Crippen LogP contribution < -0.4 is 4.13 Å². The van der Waals surface area contributed by atoms with Gasteiger partial charge in [-0.15, -0.1) is 0 Å². The van der Waals surface area contributed by atoms with Gasteiger partial charge in [0.2, 0.25) is 9.49 Å². The third-order valence-electron chi connectivity index (χ3n) is 5.92. The maximum absolute atomic E-state index is 14.5. The molecule has 2 unspecified atom stereocenters. The van der Waals surface area contributed by atoms with Gasteiger partial charge >= 0.3 is 0 Å². The Hall–Kier alpha value is -4.06. The van der Waals surface area contributed by atoms with Gasteiger partial charge in [-0.25, -0.2) is 8.42 Å². The summed E-state index contributed by atoms with van der Waals surface area (Å²) in [6, 6.07) is 19.8. The minimum atomic E-state index is -2.22. The second kappa shape index (κ2) is 9.43. The molecular formula is C26H19NO8S2. The van der Waals surface area contributed by atoms with Crippen LogP contribution in [0.2, 0.25) is 0 Å². The minimum Gasteiger partial charge on any atom is -0.467 e. The minimum absolute atomic E-state index is 0.250. The van der Waals surface area contributed by atoms with Gasteiger partial charge in [0.05, 0.1) is 37.6 Å². The van der Waals surface area contributed by atoms with Crippen LogP contribution in [0, 0.1) is 0 Å². The standard InChI is InChI=1S/C26H19NO8S2/c28-36(25(19-7-1-13-30-19,20-8-2-14-31-20)21-9-3-15-32-21)27-37(29)26(22-10-4-16-33-22,23-11-5-17-34-23)24-12-6-18-35-24/h1-18,27H. The number of hydrogen-bond acceptors (Lipinski definition) is 8. The number of hydrogen-bond donors (Lipinski definition) is 1. The number of furan rings is 6. The van der Waals surface area contributed by atoms with Crippen molar-refractivity contribution in [3.8, 4) is 0 Å². The lowest BCUT2D eigenvalue weighted by Gasteiger charge is -2.30. The summed E-state index contributed by atoms with van der Waals surface area (Å²) in [6.45, 7) is 0. The molecule has 188 valence electrons. The van der Waals surface area contributed by atoms with E-state index in [4.69, 9.17) is 26.5 Å². The van der Waals surface area contributed by atoms with Gasteiger partial charge < -0.3 is 26.5 Å². The predicted octanol–water partition coefficient (Wildman–Crippen LogP) is 5.45. The van der Waals surface area contributed by atoms with Crippen LogP contribution in [0.1, 0.15) is 34.6 Å². The first-order valence-electron chi connectivity index (χ1n) is 11.0. The van der Waals surface area contributed by atoms with Crippen LogP contribution in [0.25, 0.3) is 0 Å². The van der Waals surface area contributed by atoms with Crippen molar-refractivity contribution in [3.63, 3.8) is 0 Å². The monoisotopic (exact) mass is 537 g/mol. The zero-order valence-electron chi connectivity index (χ0n) is 19.0. The fraction of sp³-hybridized carbons (Fsp3) is 0.0769. The van der Waals surface area contributed by atoms with E-state index in [-0.39, 0.29) is 34.6 Å². The van der Waals surface area contributed by atoms with Crippen molar-refractivity contribution in [1.29, 1.82) is 0 Å². The third kappa shape index (κ3) is 3.54. The van der Waals surface area contributed by atoms with Crippen molar-refractivity contribution in [2.75, 3.05) is 0 Å². The Kier molecular flexibility index (Phi) is 5.95. The molecule has 0 aliphatic carbocycles. The van der Waals surface area contributed by atoms with Gasteiger partial charge in [-0.2, -0.15) is 4.13 Å². The van der Waals surface area contributed by atoms with Gasteiger partial charge in [0.15, 0.2) is 0 Å². The summed E-state index contributed by atoms with van der Waals surface area (Å²) < 4.78 is 62.9. The van der Waals surface area contributed by atoms with Gasteiger partial charge in [-0.05, 0) is 72.8 Å². The topological polar surface area (TPSA) is 125 Å². The van der Waals surface area contributed by atoms with Crippen LogP contribution in [0.3, 0.4) is 0 Å². The Labute approximate surface area is 215 Å². The molecule has 6 aromatic rings. The van der Waals surface area contributed by atoms with E-state index in [1.807, 2.05) is 0 Å². The van der Waals surface area contributed by atoms with Crippen LogP contribution >= 0.6 is 0 Å². The molecule has 11 heteroatoms. The molecule has 0 aliphatic heterocycles. The quantitative estimate of drug-likeness (QED) is 0.245. The molecule has 0 saturated heterocycles. The Morgan fingerprint density at radius 3 is 0.811 bits per heavy atom. The van der Waals surface area contributed by atoms with E-state index in [0.29, 0.717) is 0 Å². The largest absolute Gasteiger partial charge is 0.467 e. The number of nitrogens with one attached hydrogen (secondary N) is 1. The SMILES string of the molecule is O=S(NS(=O)C(c1ccco1)(c1ccco1)c1ccco1)C(c1ccco1)(c1ccco1)c1ccco1. The van der Waals surface area contributed by atoms with E-state index in [0.717, 1.165) is 0 Å². The highest BCUT2D eigenvalue weighted by molar-refractivity contribution is 7.99. The Balaban J connectivity index is 1.53. The highest BCUT2D eigenvalue weighted by Gasteiger charge is 2.56. The molecule has 0 fully saturated rings. The lowest BCUT2D eigenvalue weighted by atomic mass is 9.99. The average molecular weight is 538 g/mol. The van der Waals surface area contributed by atoms with Crippen LogP contribution in [0.15, 0.2) is 137 Å². The van der Waals surface area contributed by atoms with Gasteiger partial charge in [-0.1, -0.05) is 0 Å². The van der Waals surface area contributed by atoms with Crippen molar-refractivity contribution in [2.24, 2.45) is 0 Å². The van der Waals surface area contributed by atoms with Gasteiger partial charge in [0, 0.05) is 0 Å². The smallest absolute Gasteiger partial charge is 0.232 e. The van der Waals surface area contributed by atoms with Crippen molar-refractivity contribution in [2.45, 2.75) is 9.49 Å². The first-order chi connectivity index (χ1) is 18.2. The van der Waals surface area contributed by atoms with Gasteiger partial charge in [-0.3, -0.25) is 0 Å². The zero-order chi connectivity index (χ0) is 25.3. The van der Waals surface area contributed by atoms with Crippen molar-refractivity contribution >= 4 is 22.0 Å². The third-order valence-corrected chi connectivity index (χ3v) is 9.45. The molecule has 0 saturated carbocycles. The fourth-order valence-corrected chi connectivity index (χ4v) is 7.69. The summed E-state index contributed by atoms with van der Waals surface area (Å²) >= 11 is 0. The predicted molar refractivity (Wildman–Crippen MR) is 131 cm³/mol. The van der Waals surface area contributed by atoms with Crippen LogP contribution in [0.5, 0.6) is 0 Å². The Bertz CT molecular complexity index is 1280. The maximum atomic E-state index is 14.5. The van der Waals surface area contributed by atoms with Crippen LogP contribution in [0.4, 0.5) is 0 Å². The molecular weight excluding hydrogens is 518 g/mol. The summed E-state index contributed by atoms with van der Waals surface area (Å²) in [5.74, 6) is 1.50. The summed E-state index contributed by atoms with van der Waals surface area (Å²) in [7, 11) is -4.44. The molecule has 6 aromatic heterocycles. The molecule has 1 N–H and O–H groups in total. The van der Waals surface area contributed by atoms with Crippen LogP contribution in [-0.4, -0.2) is 8.42 Å². The Morgan fingerprint density at radius 2 is 0.649 bits per heavy atom. The zero-order valence-corrected chi connectivity index (χ0v) is 20.6. The molecule has 6 heterocycles. The fourth-order valence-electron chi connectivity index (χ4n) is 4.34. The van der Waals surface area contributed by atoms with E-state index in [1.54, 1.807) is 72.8 Å². The van der Waals surface area contributed by atoms with E-state index >= 15 is 0 Å².